The maximum absolute atomic E-state index is 12.7. The number of ether oxygens (including phenoxy) is 3. The largest absolute Gasteiger partial charge is 0.496 e. The third-order valence-electron chi connectivity index (χ3n) is 5.84. The maximum Gasteiger partial charge on any atom is 0.324 e. The van der Waals surface area contributed by atoms with Crippen molar-refractivity contribution in [3.63, 3.8) is 0 Å². The molecular weight excluding hydrogens is 424 g/mol. The summed E-state index contributed by atoms with van der Waals surface area (Å²) in [6.45, 7) is 1.78. The standard InChI is InChI=1S/C24H28N4O5/c1-30-19-7-5-4-6-18(19)15-25-23(29)16-10-12-28(13-11-16)24-26-22(27-33-24)17-8-9-20(31-2)21(14-17)32-3/h4-9,14,16H,10-13,15H2,1-3H3,(H,25,29). The molecule has 1 amide bonds. The Balaban J connectivity index is 1.33. The first kappa shape index (κ1) is 22.4. The van der Waals surface area contributed by atoms with Gasteiger partial charge in [-0.15, -0.1) is 0 Å². The average Bonchev–Trinajstić information content (AvgIpc) is 3.37. The molecule has 9 heteroatoms. The Kier molecular flexibility index (Phi) is 6.97. The molecule has 3 aromatic rings. The lowest BCUT2D eigenvalue weighted by atomic mass is 9.96. The molecule has 0 saturated carbocycles. The molecule has 2 heterocycles. The van der Waals surface area contributed by atoms with Crippen LogP contribution in [-0.2, 0) is 11.3 Å². The van der Waals surface area contributed by atoms with Gasteiger partial charge in [0.1, 0.15) is 5.75 Å². The first-order chi connectivity index (χ1) is 16.1. The van der Waals surface area contributed by atoms with Gasteiger partial charge in [0.15, 0.2) is 11.5 Å². The highest BCUT2D eigenvalue weighted by molar-refractivity contribution is 5.79. The van der Waals surface area contributed by atoms with Crippen LogP contribution in [0.5, 0.6) is 17.2 Å². The number of carbonyl (C=O) groups is 1. The highest BCUT2D eigenvalue weighted by Gasteiger charge is 2.27. The van der Waals surface area contributed by atoms with Gasteiger partial charge < -0.3 is 29.0 Å². The lowest BCUT2D eigenvalue weighted by Gasteiger charge is -2.29. The van der Waals surface area contributed by atoms with Crippen molar-refractivity contribution in [1.29, 1.82) is 0 Å². The highest BCUT2D eigenvalue weighted by atomic mass is 16.5. The fourth-order valence-electron chi connectivity index (χ4n) is 3.95. The quantitative estimate of drug-likeness (QED) is 0.556. The predicted molar refractivity (Wildman–Crippen MR) is 123 cm³/mol. The summed E-state index contributed by atoms with van der Waals surface area (Å²) in [5.41, 5.74) is 1.73. The van der Waals surface area contributed by atoms with E-state index in [0.717, 1.165) is 16.9 Å². The molecule has 0 bridgehead atoms. The molecule has 0 atom stereocenters. The Hall–Kier alpha value is -3.75. The van der Waals surface area contributed by atoms with Crippen LogP contribution in [0.15, 0.2) is 47.0 Å². The topological polar surface area (TPSA) is 99.0 Å². The summed E-state index contributed by atoms with van der Waals surface area (Å²) in [7, 11) is 4.80. The Morgan fingerprint density at radius 2 is 1.76 bits per heavy atom. The maximum atomic E-state index is 12.7. The molecule has 2 aromatic carbocycles. The molecule has 0 radical (unpaired) electrons. The van der Waals surface area contributed by atoms with Crippen LogP contribution in [0.1, 0.15) is 18.4 Å². The van der Waals surface area contributed by atoms with Crippen LogP contribution in [0.3, 0.4) is 0 Å². The van der Waals surface area contributed by atoms with Crippen LogP contribution in [0.4, 0.5) is 6.01 Å². The molecule has 1 aliphatic rings. The molecule has 174 valence electrons. The third kappa shape index (κ3) is 5.02. The van der Waals surface area contributed by atoms with Gasteiger partial charge in [-0.3, -0.25) is 4.79 Å². The number of amides is 1. The van der Waals surface area contributed by atoms with E-state index in [1.54, 1.807) is 27.4 Å². The van der Waals surface area contributed by atoms with Crippen molar-refractivity contribution < 1.29 is 23.5 Å². The lowest BCUT2D eigenvalue weighted by molar-refractivity contribution is -0.125. The monoisotopic (exact) mass is 452 g/mol. The lowest BCUT2D eigenvalue weighted by Crippen LogP contribution is -2.40. The number of nitrogens with zero attached hydrogens (tertiary/aromatic N) is 3. The van der Waals surface area contributed by atoms with Gasteiger partial charge in [0, 0.05) is 36.7 Å². The van der Waals surface area contributed by atoms with Crippen molar-refractivity contribution in [3.8, 4) is 28.6 Å². The normalized spacial score (nSPS) is 14.1. The van der Waals surface area contributed by atoms with E-state index in [1.807, 2.05) is 41.3 Å². The van der Waals surface area contributed by atoms with Crippen molar-refractivity contribution in [2.24, 2.45) is 5.92 Å². The van der Waals surface area contributed by atoms with Crippen LogP contribution in [-0.4, -0.2) is 50.5 Å². The van der Waals surface area contributed by atoms with E-state index >= 15 is 0 Å². The van der Waals surface area contributed by atoms with Gasteiger partial charge in [-0.1, -0.05) is 23.4 Å². The molecule has 4 rings (SSSR count). The summed E-state index contributed by atoms with van der Waals surface area (Å²) in [5.74, 6) is 2.48. The summed E-state index contributed by atoms with van der Waals surface area (Å²) >= 11 is 0. The van der Waals surface area contributed by atoms with Crippen molar-refractivity contribution in [2.75, 3.05) is 39.3 Å². The first-order valence-electron chi connectivity index (χ1n) is 10.8. The molecule has 1 N–H and O–H groups in total. The van der Waals surface area contributed by atoms with Crippen LogP contribution in [0, 0.1) is 5.92 Å². The summed E-state index contributed by atoms with van der Waals surface area (Å²) < 4.78 is 21.5. The number of carbonyl (C=O) groups excluding carboxylic acids is 1. The number of rotatable bonds is 8. The Morgan fingerprint density at radius 3 is 2.48 bits per heavy atom. The number of nitrogens with one attached hydrogen (secondary N) is 1. The Morgan fingerprint density at radius 1 is 1.03 bits per heavy atom. The van der Waals surface area contributed by atoms with Gasteiger partial charge >= 0.3 is 6.01 Å². The second-order valence-electron chi connectivity index (χ2n) is 7.76. The average molecular weight is 453 g/mol. The summed E-state index contributed by atoms with van der Waals surface area (Å²) in [5, 5.41) is 7.14. The predicted octanol–water partition coefficient (Wildman–Crippen LogP) is 3.30. The zero-order valence-electron chi connectivity index (χ0n) is 19.0. The van der Waals surface area contributed by atoms with Crippen LogP contribution in [0.2, 0.25) is 0 Å². The molecular formula is C24H28N4O5. The number of piperidine rings is 1. The van der Waals surface area contributed by atoms with Crippen molar-refractivity contribution >= 4 is 11.9 Å². The van der Waals surface area contributed by atoms with Gasteiger partial charge in [-0.05, 0) is 37.1 Å². The fraction of sp³-hybridized carbons (Fsp3) is 0.375. The molecule has 1 aliphatic heterocycles. The van der Waals surface area contributed by atoms with E-state index < -0.39 is 0 Å². The minimum Gasteiger partial charge on any atom is -0.496 e. The van der Waals surface area contributed by atoms with Crippen molar-refractivity contribution in [2.45, 2.75) is 19.4 Å². The van der Waals surface area contributed by atoms with E-state index in [9.17, 15) is 4.79 Å². The number of para-hydroxylation sites is 1. The number of aromatic nitrogens is 2. The highest BCUT2D eigenvalue weighted by Crippen LogP contribution is 2.32. The van der Waals surface area contributed by atoms with E-state index in [2.05, 4.69) is 15.5 Å². The molecule has 1 saturated heterocycles. The third-order valence-corrected chi connectivity index (χ3v) is 5.84. The number of hydrogen-bond acceptors (Lipinski definition) is 8. The summed E-state index contributed by atoms with van der Waals surface area (Å²) in [6, 6.07) is 13.6. The van der Waals surface area contributed by atoms with Gasteiger partial charge in [-0.25, -0.2) is 0 Å². The van der Waals surface area contributed by atoms with Gasteiger partial charge in [-0.2, -0.15) is 4.98 Å². The molecule has 0 aliphatic carbocycles. The van der Waals surface area contributed by atoms with E-state index in [4.69, 9.17) is 18.7 Å². The van der Waals surface area contributed by atoms with Gasteiger partial charge in [0.05, 0.1) is 21.3 Å². The van der Waals surface area contributed by atoms with E-state index in [1.165, 1.54) is 0 Å². The molecule has 0 unspecified atom stereocenters. The van der Waals surface area contributed by atoms with Crippen LogP contribution >= 0.6 is 0 Å². The van der Waals surface area contributed by atoms with Crippen LogP contribution in [0.25, 0.3) is 11.4 Å². The van der Waals surface area contributed by atoms with Crippen LogP contribution < -0.4 is 24.4 Å². The number of anilines is 1. The molecule has 1 fully saturated rings. The smallest absolute Gasteiger partial charge is 0.324 e. The Bertz CT molecular complexity index is 1090. The Labute approximate surface area is 192 Å². The zero-order valence-corrected chi connectivity index (χ0v) is 19.0. The van der Waals surface area contributed by atoms with Gasteiger partial charge in [0.25, 0.3) is 0 Å². The zero-order chi connectivity index (χ0) is 23.2. The van der Waals surface area contributed by atoms with Gasteiger partial charge in [0.2, 0.25) is 11.7 Å². The fourth-order valence-corrected chi connectivity index (χ4v) is 3.95. The number of benzene rings is 2. The van der Waals surface area contributed by atoms with E-state index in [-0.39, 0.29) is 11.8 Å². The first-order valence-corrected chi connectivity index (χ1v) is 10.8. The van der Waals surface area contributed by atoms with Crippen molar-refractivity contribution in [1.82, 2.24) is 15.5 Å². The second kappa shape index (κ2) is 10.2. The molecule has 9 nitrogen and oxygen atoms in total. The molecule has 33 heavy (non-hydrogen) atoms. The molecule has 1 aromatic heterocycles. The molecule has 0 spiro atoms. The number of methoxy groups -OCH3 is 3. The van der Waals surface area contributed by atoms with Crippen molar-refractivity contribution in [3.05, 3.63) is 48.0 Å². The minimum atomic E-state index is -0.0517. The summed E-state index contributed by atoms with van der Waals surface area (Å²) in [4.78, 5) is 19.2. The minimum absolute atomic E-state index is 0.0517. The van der Waals surface area contributed by atoms with E-state index in [0.29, 0.717) is 55.8 Å². The summed E-state index contributed by atoms with van der Waals surface area (Å²) in [6.07, 6.45) is 1.43. The number of hydrogen-bond donors (Lipinski definition) is 1. The SMILES string of the molecule is COc1ccccc1CNC(=O)C1CCN(c2nc(-c3ccc(OC)c(OC)c3)no2)CC1. The second-order valence-corrected chi connectivity index (χ2v) is 7.76.